The molecule has 1 aliphatic carbocycles. The molecule has 118 valence electrons. The second kappa shape index (κ2) is 6.60. The summed E-state index contributed by atoms with van der Waals surface area (Å²) in [7, 11) is 0. The van der Waals surface area contributed by atoms with Crippen molar-refractivity contribution >= 4 is 5.91 Å². The van der Waals surface area contributed by atoms with Crippen molar-refractivity contribution in [2.75, 3.05) is 0 Å². The normalized spacial score (nSPS) is 24.6. The highest BCUT2D eigenvalue weighted by atomic mass is 16.2. The Morgan fingerprint density at radius 2 is 2.24 bits per heavy atom. The highest BCUT2D eigenvalue weighted by molar-refractivity contribution is 5.79. The number of hydrogen-bond acceptors (Lipinski definition) is 3. The molecule has 1 aromatic rings. The van der Waals surface area contributed by atoms with E-state index in [1.807, 2.05) is 10.8 Å². The van der Waals surface area contributed by atoms with Crippen LogP contribution in [0, 0.1) is 11.3 Å². The van der Waals surface area contributed by atoms with E-state index < -0.39 is 0 Å². The van der Waals surface area contributed by atoms with E-state index in [2.05, 4.69) is 31.1 Å². The number of rotatable bonds is 4. The van der Waals surface area contributed by atoms with Crippen molar-refractivity contribution in [3.63, 3.8) is 0 Å². The quantitative estimate of drug-likeness (QED) is 0.890. The highest BCUT2D eigenvalue weighted by Gasteiger charge is 2.31. The van der Waals surface area contributed by atoms with Crippen LogP contribution in [-0.2, 0) is 11.3 Å². The van der Waals surface area contributed by atoms with Gasteiger partial charge < -0.3 is 15.6 Å². The number of hydrogen-bond donors (Lipinski definition) is 2. The van der Waals surface area contributed by atoms with E-state index >= 15 is 0 Å². The maximum atomic E-state index is 12.5. The standard InChI is InChI=1S/C16H28N4O/c1-16(2,3)14(10-20-8-7-18-11-20)19-15(21)12-5-4-6-13(17)9-12/h7-8,11-14H,4-6,9-10,17H2,1-3H3,(H,19,21). The second-order valence-electron chi connectivity index (χ2n) is 7.31. The van der Waals surface area contributed by atoms with Gasteiger partial charge in [0.05, 0.1) is 12.4 Å². The van der Waals surface area contributed by atoms with Crippen molar-refractivity contribution in [2.24, 2.45) is 17.1 Å². The summed E-state index contributed by atoms with van der Waals surface area (Å²) in [6, 6.07) is 0.258. The fourth-order valence-electron chi connectivity index (χ4n) is 2.90. The Morgan fingerprint density at radius 1 is 1.48 bits per heavy atom. The molecule has 3 N–H and O–H groups in total. The number of carbonyl (C=O) groups is 1. The molecule has 5 nitrogen and oxygen atoms in total. The maximum absolute atomic E-state index is 12.5. The van der Waals surface area contributed by atoms with Crippen LogP contribution in [0.3, 0.4) is 0 Å². The minimum absolute atomic E-state index is 0.00326. The lowest BCUT2D eigenvalue weighted by atomic mass is 9.83. The number of nitrogens with one attached hydrogen (secondary N) is 1. The Morgan fingerprint density at radius 3 is 2.81 bits per heavy atom. The predicted octanol–water partition coefficient (Wildman–Crippen LogP) is 1.93. The summed E-state index contributed by atoms with van der Waals surface area (Å²) in [6.45, 7) is 7.21. The SMILES string of the molecule is CC(C)(C)C(Cn1ccnc1)NC(=O)C1CCCC(N)C1. The lowest BCUT2D eigenvalue weighted by molar-refractivity contribution is -0.127. The molecule has 1 aliphatic rings. The summed E-state index contributed by atoms with van der Waals surface area (Å²) in [5, 5.41) is 3.24. The molecule has 0 bridgehead atoms. The first-order valence-corrected chi connectivity index (χ1v) is 7.88. The Balaban J connectivity index is 1.99. The Hall–Kier alpha value is -1.36. The van der Waals surface area contributed by atoms with E-state index in [4.69, 9.17) is 5.73 Å². The van der Waals surface area contributed by atoms with Gasteiger partial charge in [-0.25, -0.2) is 4.98 Å². The van der Waals surface area contributed by atoms with Gasteiger partial charge in [-0.05, 0) is 24.7 Å². The smallest absolute Gasteiger partial charge is 0.223 e. The van der Waals surface area contributed by atoms with Crippen molar-refractivity contribution < 1.29 is 4.79 Å². The van der Waals surface area contributed by atoms with E-state index in [1.54, 1.807) is 12.5 Å². The minimum Gasteiger partial charge on any atom is -0.351 e. The van der Waals surface area contributed by atoms with Crippen molar-refractivity contribution in [2.45, 2.75) is 65.1 Å². The van der Waals surface area contributed by atoms with Crippen LogP contribution in [0.4, 0.5) is 0 Å². The number of imidazole rings is 1. The van der Waals surface area contributed by atoms with Crippen molar-refractivity contribution in [1.29, 1.82) is 0 Å². The molecular weight excluding hydrogens is 264 g/mol. The number of amides is 1. The van der Waals surface area contributed by atoms with Crippen LogP contribution in [0.2, 0.25) is 0 Å². The molecule has 1 aromatic heterocycles. The Bertz CT molecular complexity index is 449. The molecular formula is C16H28N4O. The van der Waals surface area contributed by atoms with E-state index in [0.29, 0.717) is 0 Å². The van der Waals surface area contributed by atoms with E-state index in [1.165, 1.54) is 0 Å². The van der Waals surface area contributed by atoms with Crippen molar-refractivity contribution in [1.82, 2.24) is 14.9 Å². The monoisotopic (exact) mass is 292 g/mol. The Labute approximate surface area is 127 Å². The van der Waals surface area contributed by atoms with Crippen LogP contribution >= 0.6 is 0 Å². The average molecular weight is 292 g/mol. The summed E-state index contributed by atoms with van der Waals surface area (Å²) in [4.78, 5) is 16.6. The topological polar surface area (TPSA) is 72.9 Å². The highest BCUT2D eigenvalue weighted by Crippen LogP contribution is 2.25. The van der Waals surface area contributed by atoms with Gasteiger partial charge in [0.25, 0.3) is 0 Å². The zero-order valence-electron chi connectivity index (χ0n) is 13.4. The number of nitrogens with zero attached hydrogens (tertiary/aromatic N) is 2. The molecule has 21 heavy (non-hydrogen) atoms. The first kappa shape index (κ1) is 16.0. The molecule has 1 fully saturated rings. The molecule has 1 saturated carbocycles. The van der Waals surface area contributed by atoms with Crippen LogP contribution in [0.1, 0.15) is 46.5 Å². The van der Waals surface area contributed by atoms with Crippen molar-refractivity contribution in [3.8, 4) is 0 Å². The molecule has 1 amide bonds. The minimum atomic E-state index is -0.00326. The first-order chi connectivity index (χ1) is 9.86. The molecule has 2 rings (SSSR count). The summed E-state index contributed by atoms with van der Waals surface area (Å²) in [6.07, 6.45) is 9.36. The number of nitrogens with two attached hydrogens (primary N) is 1. The summed E-state index contributed by atoms with van der Waals surface area (Å²) >= 11 is 0. The Kier molecular flexibility index (Phi) is 5.04. The van der Waals surface area contributed by atoms with Gasteiger partial charge in [-0.1, -0.05) is 27.2 Å². The molecule has 0 spiro atoms. The van der Waals surface area contributed by atoms with Crippen LogP contribution < -0.4 is 11.1 Å². The van der Waals surface area contributed by atoms with Gasteiger partial charge in [0, 0.05) is 30.9 Å². The lowest BCUT2D eigenvalue weighted by Crippen LogP contribution is -2.49. The molecule has 3 atom stereocenters. The zero-order valence-corrected chi connectivity index (χ0v) is 13.4. The van der Waals surface area contributed by atoms with Gasteiger partial charge in [-0.3, -0.25) is 4.79 Å². The fourth-order valence-corrected chi connectivity index (χ4v) is 2.90. The fraction of sp³-hybridized carbons (Fsp3) is 0.750. The summed E-state index contributed by atoms with van der Waals surface area (Å²) in [5.41, 5.74) is 5.99. The molecule has 5 heteroatoms. The predicted molar refractivity (Wildman–Crippen MR) is 83.5 cm³/mol. The van der Waals surface area contributed by atoms with Crippen LogP contribution in [0.15, 0.2) is 18.7 Å². The van der Waals surface area contributed by atoms with Gasteiger partial charge in [0.15, 0.2) is 0 Å². The van der Waals surface area contributed by atoms with E-state index in [9.17, 15) is 4.79 Å². The first-order valence-electron chi connectivity index (χ1n) is 7.88. The molecule has 1 heterocycles. The molecule has 3 unspecified atom stereocenters. The third-order valence-corrected chi connectivity index (χ3v) is 4.40. The van der Waals surface area contributed by atoms with Crippen LogP contribution in [-0.4, -0.2) is 27.5 Å². The van der Waals surface area contributed by atoms with Crippen LogP contribution in [0.5, 0.6) is 0 Å². The average Bonchev–Trinajstić information content (AvgIpc) is 2.89. The second-order valence-corrected chi connectivity index (χ2v) is 7.31. The summed E-state index contributed by atoms with van der Waals surface area (Å²) < 4.78 is 2.02. The van der Waals surface area contributed by atoms with Crippen molar-refractivity contribution in [3.05, 3.63) is 18.7 Å². The van der Waals surface area contributed by atoms with Gasteiger partial charge in [0.2, 0.25) is 5.91 Å². The third-order valence-electron chi connectivity index (χ3n) is 4.40. The maximum Gasteiger partial charge on any atom is 0.223 e. The molecule has 0 saturated heterocycles. The largest absolute Gasteiger partial charge is 0.351 e. The van der Waals surface area contributed by atoms with E-state index in [0.717, 1.165) is 32.2 Å². The number of carbonyl (C=O) groups excluding carboxylic acids is 1. The molecule has 0 aromatic carbocycles. The number of aromatic nitrogens is 2. The van der Waals surface area contributed by atoms with E-state index in [-0.39, 0.29) is 29.3 Å². The lowest BCUT2D eigenvalue weighted by Gasteiger charge is -2.34. The van der Waals surface area contributed by atoms with Gasteiger partial charge in [0.1, 0.15) is 0 Å². The van der Waals surface area contributed by atoms with Gasteiger partial charge in [-0.2, -0.15) is 0 Å². The third kappa shape index (κ3) is 4.56. The zero-order chi connectivity index (χ0) is 15.5. The van der Waals surface area contributed by atoms with Crippen LogP contribution in [0.25, 0.3) is 0 Å². The van der Waals surface area contributed by atoms with Gasteiger partial charge in [-0.15, -0.1) is 0 Å². The summed E-state index contributed by atoms with van der Waals surface area (Å²) in [5.74, 6) is 0.228. The molecule has 0 radical (unpaired) electrons. The van der Waals surface area contributed by atoms with Gasteiger partial charge >= 0.3 is 0 Å². The molecule has 0 aliphatic heterocycles.